The Morgan fingerprint density at radius 1 is 0.860 bits per heavy atom. The molecule has 0 aromatic heterocycles. The Labute approximate surface area is 348 Å². The van der Waals surface area contributed by atoms with E-state index >= 15 is 0 Å². The summed E-state index contributed by atoms with van der Waals surface area (Å²) in [6, 6.07) is -1.96. The molecule has 0 aliphatic carbocycles. The summed E-state index contributed by atoms with van der Waals surface area (Å²) in [5, 5.41) is 17.2. The van der Waals surface area contributed by atoms with E-state index in [1.165, 1.54) is 19.1 Å². The number of likely N-dealkylation sites (tertiary alicyclic amines) is 1. The molecule has 0 radical (unpaired) electrons. The number of carboxylic acids is 1. The minimum atomic E-state index is -1.16. The molecule has 0 aromatic rings. The number of nitrogens with zero attached hydrogens (tertiary/aromatic N) is 3. The Morgan fingerprint density at radius 3 is 2.05 bits per heavy atom. The van der Waals surface area contributed by atoms with E-state index in [1.54, 1.807) is 30.7 Å². The van der Waals surface area contributed by atoms with Crippen molar-refractivity contribution in [2.45, 2.75) is 143 Å². The van der Waals surface area contributed by atoms with Gasteiger partial charge in [-0.3, -0.25) is 33.6 Å². The Hall–Kier alpha value is -3.31. The number of hydrogen-bond acceptors (Lipinski definition) is 9. The standard InChI is InChI=1S/C40H71BrN6O10/c1-11-26(5)37(31(56-9)21-34(50)46-20-16-17-30(46)38(57-10)27(6)39(54)44-24-36(52)53)45(8)35(51)23-43-40(55)28(7)47(29(12-2)25(3)4)33(49)18-14-13-15-19-42-32(48)22-41/h25-31,37-38H,11-24H2,1-10H3,(H,42,48)(H,43,55)(H,44,54)(H,52,53). The van der Waals surface area contributed by atoms with Gasteiger partial charge in [-0.1, -0.05) is 70.3 Å². The summed E-state index contributed by atoms with van der Waals surface area (Å²) in [6.07, 6.45) is 3.56. The van der Waals surface area contributed by atoms with Gasteiger partial charge in [0.1, 0.15) is 12.6 Å². The molecule has 0 saturated carbocycles. The summed E-state index contributed by atoms with van der Waals surface area (Å²) in [5.41, 5.74) is 0. The molecule has 1 aliphatic heterocycles. The number of rotatable bonds is 27. The third-order valence-electron chi connectivity index (χ3n) is 11.3. The van der Waals surface area contributed by atoms with Crippen LogP contribution in [0.15, 0.2) is 0 Å². The number of nitrogens with one attached hydrogen (secondary N) is 3. The van der Waals surface area contributed by atoms with E-state index in [-0.39, 0.29) is 66.2 Å². The highest BCUT2D eigenvalue weighted by Crippen LogP contribution is 2.29. The van der Waals surface area contributed by atoms with Crippen LogP contribution >= 0.6 is 15.9 Å². The summed E-state index contributed by atoms with van der Waals surface area (Å²) in [4.78, 5) is 95.0. The van der Waals surface area contributed by atoms with Crippen molar-refractivity contribution in [2.75, 3.05) is 52.8 Å². The maximum atomic E-state index is 13.9. The van der Waals surface area contributed by atoms with Crippen LogP contribution in [0.5, 0.6) is 0 Å². The number of carbonyl (C=O) groups is 7. The molecule has 6 amide bonds. The lowest BCUT2D eigenvalue weighted by Gasteiger charge is -2.39. The molecule has 1 aliphatic rings. The number of halogens is 1. The van der Waals surface area contributed by atoms with Crippen molar-refractivity contribution in [1.82, 2.24) is 30.7 Å². The largest absolute Gasteiger partial charge is 0.480 e. The van der Waals surface area contributed by atoms with Crippen molar-refractivity contribution < 1.29 is 48.1 Å². The molecule has 0 bridgehead atoms. The van der Waals surface area contributed by atoms with Gasteiger partial charge in [-0.2, -0.15) is 0 Å². The topological polar surface area (TPSA) is 204 Å². The first-order chi connectivity index (χ1) is 26.9. The fraction of sp³-hybridized carbons (Fsp3) is 0.825. The molecule has 328 valence electrons. The van der Waals surface area contributed by atoms with Crippen LogP contribution in [0.4, 0.5) is 0 Å². The Kier molecular flexibility index (Phi) is 24.2. The van der Waals surface area contributed by atoms with Crippen LogP contribution in [0.2, 0.25) is 0 Å². The second-order valence-electron chi connectivity index (χ2n) is 15.5. The van der Waals surface area contributed by atoms with Gasteiger partial charge in [0.05, 0.1) is 48.5 Å². The van der Waals surface area contributed by atoms with Gasteiger partial charge in [-0.15, -0.1) is 0 Å². The minimum Gasteiger partial charge on any atom is -0.480 e. The predicted octanol–water partition coefficient (Wildman–Crippen LogP) is 2.95. The molecule has 1 heterocycles. The van der Waals surface area contributed by atoms with Crippen LogP contribution in [-0.4, -0.2) is 150 Å². The molecule has 1 fully saturated rings. The maximum Gasteiger partial charge on any atom is 0.322 e. The number of aliphatic carboxylic acids is 1. The van der Waals surface area contributed by atoms with Crippen molar-refractivity contribution >= 4 is 57.3 Å². The minimum absolute atomic E-state index is 0.0464. The third-order valence-corrected chi connectivity index (χ3v) is 11.8. The normalized spacial score (nSPS) is 17.8. The Bertz CT molecular complexity index is 1320. The molecule has 1 saturated heterocycles. The Morgan fingerprint density at radius 2 is 1.51 bits per heavy atom. The van der Waals surface area contributed by atoms with Crippen LogP contribution < -0.4 is 16.0 Å². The molecule has 0 spiro atoms. The second kappa shape index (κ2) is 26.6. The second-order valence-corrected chi connectivity index (χ2v) is 16.0. The van der Waals surface area contributed by atoms with Gasteiger partial charge in [0, 0.05) is 46.8 Å². The summed E-state index contributed by atoms with van der Waals surface area (Å²) >= 11 is 3.12. The summed E-state index contributed by atoms with van der Waals surface area (Å²) < 4.78 is 11.6. The lowest BCUT2D eigenvalue weighted by molar-refractivity contribution is -0.147. The monoisotopic (exact) mass is 874 g/mol. The van der Waals surface area contributed by atoms with Crippen LogP contribution in [0.25, 0.3) is 0 Å². The van der Waals surface area contributed by atoms with E-state index in [0.29, 0.717) is 45.2 Å². The SMILES string of the molecule is CCC(C)C(C(CC(=O)N1CCCC1C(OC)C(C)C(=O)NCC(=O)O)OC)N(C)C(=O)CNC(=O)C(C)N(C(=O)CCCCCNC(=O)CBr)C(CC)C(C)C. The fourth-order valence-corrected chi connectivity index (χ4v) is 8.07. The van der Waals surface area contributed by atoms with E-state index < -0.39 is 60.6 Å². The van der Waals surface area contributed by atoms with E-state index in [0.717, 1.165) is 12.8 Å². The zero-order chi connectivity index (χ0) is 43.4. The highest BCUT2D eigenvalue weighted by molar-refractivity contribution is 9.09. The fourth-order valence-electron chi connectivity index (χ4n) is 7.87. The smallest absolute Gasteiger partial charge is 0.322 e. The van der Waals surface area contributed by atoms with Crippen LogP contribution in [-0.2, 0) is 43.0 Å². The third kappa shape index (κ3) is 16.1. The first-order valence-corrected chi connectivity index (χ1v) is 21.6. The van der Waals surface area contributed by atoms with Crippen LogP contribution in [0, 0.1) is 17.8 Å². The maximum absolute atomic E-state index is 13.9. The molecule has 1 rings (SSSR count). The van der Waals surface area contributed by atoms with Gasteiger partial charge in [0.15, 0.2) is 0 Å². The summed E-state index contributed by atoms with van der Waals surface area (Å²) in [5.74, 6) is -3.63. The average Bonchev–Trinajstić information content (AvgIpc) is 3.67. The highest BCUT2D eigenvalue weighted by atomic mass is 79.9. The van der Waals surface area contributed by atoms with Crippen LogP contribution in [0.1, 0.15) is 106 Å². The molecule has 4 N–H and O–H groups in total. The van der Waals surface area contributed by atoms with Crippen LogP contribution in [0.3, 0.4) is 0 Å². The lowest BCUT2D eigenvalue weighted by atomic mass is 9.90. The predicted molar refractivity (Wildman–Crippen MR) is 220 cm³/mol. The number of carbonyl (C=O) groups excluding carboxylic acids is 6. The lowest BCUT2D eigenvalue weighted by Crippen LogP contribution is -2.56. The number of ether oxygens (including phenoxy) is 2. The van der Waals surface area contributed by atoms with E-state index in [9.17, 15) is 33.6 Å². The summed E-state index contributed by atoms with van der Waals surface area (Å²) in [6.45, 7) is 13.4. The quantitative estimate of drug-likeness (QED) is 0.0702. The van der Waals surface area contributed by atoms with E-state index in [1.807, 2.05) is 34.6 Å². The molecular formula is C40H71BrN6O10. The van der Waals surface area contributed by atoms with Gasteiger partial charge in [0.2, 0.25) is 35.4 Å². The molecule has 16 nitrogen and oxygen atoms in total. The molecule has 8 atom stereocenters. The molecule has 8 unspecified atom stereocenters. The number of unbranched alkanes of at least 4 members (excludes halogenated alkanes) is 2. The van der Waals surface area contributed by atoms with Gasteiger partial charge < -0.3 is 45.2 Å². The highest BCUT2D eigenvalue weighted by Gasteiger charge is 2.42. The number of methoxy groups -OCH3 is 2. The van der Waals surface area contributed by atoms with Crippen molar-refractivity contribution in [1.29, 1.82) is 0 Å². The molecule has 0 aromatic carbocycles. The first kappa shape index (κ1) is 51.7. The Balaban J connectivity index is 3.07. The first-order valence-electron chi connectivity index (χ1n) is 20.4. The number of alkyl halides is 1. The number of likely N-dealkylation sites (N-methyl/N-ethyl adjacent to an activating group) is 1. The van der Waals surface area contributed by atoms with Gasteiger partial charge in [-0.25, -0.2) is 0 Å². The molecule has 57 heavy (non-hydrogen) atoms. The van der Waals surface area contributed by atoms with Crippen molar-refractivity contribution in [3.8, 4) is 0 Å². The van der Waals surface area contributed by atoms with E-state index in [4.69, 9.17) is 14.6 Å². The zero-order valence-electron chi connectivity index (χ0n) is 35.9. The molecule has 17 heteroatoms. The van der Waals surface area contributed by atoms with Crippen molar-refractivity contribution in [3.05, 3.63) is 0 Å². The van der Waals surface area contributed by atoms with E-state index in [2.05, 4.69) is 31.9 Å². The molecular weight excluding hydrogens is 804 g/mol. The summed E-state index contributed by atoms with van der Waals surface area (Å²) in [7, 11) is 4.59. The zero-order valence-corrected chi connectivity index (χ0v) is 37.5. The van der Waals surface area contributed by atoms with Gasteiger partial charge in [-0.05, 0) is 50.9 Å². The average molecular weight is 876 g/mol. The van der Waals surface area contributed by atoms with Crippen molar-refractivity contribution in [3.63, 3.8) is 0 Å². The number of hydrogen-bond donors (Lipinski definition) is 4. The number of carboxylic acid groups (broad SMARTS) is 1. The van der Waals surface area contributed by atoms with Gasteiger partial charge >= 0.3 is 5.97 Å². The van der Waals surface area contributed by atoms with Gasteiger partial charge in [0.25, 0.3) is 0 Å². The van der Waals surface area contributed by atoms with Crippen molar-refractivity contribution in [2.24, 2.45) is 17.8 Å². The number of amides is 6.